The molecule has 11 aromatic rings. The van der Waals surface area contributed by atoms with Crippen molar-refractivity contribution in [1.82, 2.24) is 14.1 Å². The van der Waals surface area contributed by atoms with Crippen LogP contribution in [0.4, 0.5) is 0 Å². The first-order valence-corrected chi connectivity index (χ1v) is 17.4. The first kappa shape index (κ1) is 26.8. The lowest BCUT2D eigenvalue weighted by Crippen LogP contribution is -2.00. The Morgan fingerprint density at radius 3 is 1.45 bits per heavy atom. The molecule has 0 saturated heterocycles. The highest BCUT2D eigenvalue weighted by Crippen LogP contribution is 2.40. The number of para-hydroxylation sites is 4. The standard InChI is InChI=1S/C45H27N3S/c1-6-16-39-34(11-1)35-12-2-7-17-40(35)47(39)31-24-29(25-32(26-31)48-41-18-8-3-13-36(41)37-14-4-9-19-42(37)48)28-21-22-33-30(23-28)27-46-45-44(33)38-15-5-10-20-43(38)49-45/h1-27H. The smallest absolute Gasteiger partial charge is 0.125 e. The third-order valence-electron chi connectivity index (χ3n) is 10.1. The Morgan fingerprint density at radius 1 is 0.408 bits per heavy atom. The van der Waals surface area contributed by atoms with Crippen LogP contribution in [-0.4, -0.2) is 14.1 Å². The maximum atomic E-state index is 4.94. The molecule has 0 atom stereocenters. The maximum Gasteiger partial charge on any atom is 0.125 e. The van der Waals surface area contributed by atoms with Crippen molar-refractivity contribution >= 4 is 86.0 Å². The second-order valence-corrected chi connectivity index (χ2v) is 13.8. The molecule has 0 unspecified atom stereocenters. The van der Waals surface area contributed by atoms with Crippen molar-refractivity contribution in [2.75, 3.05) is 0 Å². The minimum atomic E-state index is 1.09. The van der Waals surface area contributed by atoms with E-state index in [4.69, 9.17) is 4.98 Å². The van der Waals surface area contributed by atoms with Crippen molar-refractivity contribution in [2.45, 2.75) is 0 Å². The van der Waals surface area contributed by atoms with Crippen LogP contribution in [0.25, 0.3) is 97.2 Å². The van der Waals surface area contributed by atoms with Gasteiger partial charge in [0.2, 0.25) is 0 Å². The molecule has 4 heterocycles. The summed E-state index contributed by atoms with van der Waals surface area (Å²) in [7, 11) is 0. The molecule has 49 heavy (non-hydrogen) atoms. The van der Waals surface area contributed by atoms with Gasteiger partial charge in [-0.3, -0.25) is 0 Å². The van der Waals surface area contributed by atoms with E-state index in [0.717, 1.165) is 32.7 Å². The van der Waals surface area contributed by atoms with Crippen molar-refractivity contribution in [2.24, 2.45) is 0 Å². The Kier molecular flexibility index (Phi) is 5.54. The van der Waals surface area contributed by atoms with Gasteiger partial charge in [0.15, 0.2) is 0 Å². The number of rotatable bonds is 3. The van der Waals surface area contributed by atoms with Gasteiger partial charge in [0.25, 0.3) is 0 Å². The van der Waals surface area contributed by atoms with Crippen LogP contribution in [0.15, 0.2) is 164 Å². The molecule has 0 spiro atoms. The van der Waals surface area contributed by atoms with E-state index in [1.165, 1.54) is 64.5 Å². The molecule has 7 aromatic carbocycles. The van der Waals surface area contributed by atoms with Crippen LogP contribution in [0.1, 0.15) is 0 Å². The van der Waals surface area contributed by atoms with Gasteiger partial charge >= 0.3 is 0 Å². The zero-order valence-electron chi connectivity index (χ0n) is 26.3. The Labute approximate surface area is 285 Å². The Morgan fingerprint density at radius 2 is 0.898 bits per heavy atom. The summed E-state index contributed by atoms with van der Waals surface area (Å²) in [6, 6.07) is 57.6. The Balaban J connectivity index is 1.22. The predicted octanol–water partition coefficient (Wildman–Crippen LogP) is 12.5. The second-order valence-electron chi connectivity index (χ2n) is 12.8. The van der Waals surface area contributed by atoms with Gasteiger partial charge in [0.05, 0.1) is 22.1 Å². The van der Waals surface area contributed by atoms with Gasteiger partial charge < -0.3 is 9.13 Å². The highest BCUT2D eigenvalue weighted by atomic mass is 32.1. The highest BCUT2D eigenvalue weighted by Gasteiger charge is 2.18. The fraction of sp³-hybridized carbons (Fsp3) is 0. The fourth-order valence-electron chi connectivity index (χ4n) is 8.01. The molecule has 0 aliphatic heterocycles. The monoisotopic (exact) mass is 641 g/mol. The molecule has 0 amide bonds. The van der Waals surface area contributed by atoms with Crippen LogP contribution in [0, 0.1) is 0 Å². The largest absolute Gasteiger partial charge is 0.309 e. The normalized spacial score (nSPS) is 12.1. The molecular weight excluding hydrogens is 615 g/mol. The highest BCUT2D eigenvalue weighted by molar-refractivity contribution is 7.25. The number of hydrogen-bond acceptors (Lipinski definition) is 2. The molecule has 0 radical (unpaired) electrons. The minimum absolute atomic E-state index is 1.09. The number of fused-ring (bicyclic) bond motifs is 11. The third-order valence-corrected chi connectivity index (χ3v) is 11.2. The lowest BCUT2D eigenvalue weighted by molar-refractivity contribution is 1.13. The summed E-state index contributed by atoms with van der Waals surface area (Å²) >= 11 is 1.76. The summed E-state index contributed by atoms with van der Waals surface area (Å²) in [6.45, 7) is 0. The zero-order valence-corrected chi connectivity index (χ0v) is 27.2. The molecule has 4 heteroatoms. The number of hydrogen-bond donors (Lipinski definition) is 0. The van der Waals surface area contributed by atoms with E-state index in [1.54, 1.807) is 11.3 Å². The van der Waals surface area contributed by atoms with Gasteiger partial charge in [-0.15, -0.1) is 11.3 Å². The number of thiophene rings is 1. The lowest BCUT2D eigenvalue weighted by atomic mass is 9.99. The van der Waals surface area contributed by atoms with Crippen LogP contribution < -0.4 is 0 Å². The van der Waals surface area contributed by atoms with Crippen molar-refractivity contribution in [1.29, 1.82) is 0 Å². The summed E-state index contributed by atoms with van der Waals surface area (Å²) in [4.78, 5) is 6.03. The molecule has 0 aliphatic carbocycles. The van der Waals surface area contributed by atoms with E-state index in [2.05, 4.69) is 167 Å². The van der Waals surface area contributed by atoms with Gasteiger partial charge in [-0.05, 0) is 71.1 Å². The molecule has 0 aliphatic rings. The molecule has 0 N–H and O–H groups in total. The summed E-state index contributed by atoms with van der Waals surface area (Å²) in [5.41, 5.74) is 9.37. The second kappa shape index (κ2) is 10.1. The Hall–Kier alpha value is -6.23. The van der Waals surface area contributed by atoms with Crippen LogP contribution in [0.3, 0.4) is 0 Å². The average molecular weight is 642 g/mol. The zero-order chi connectivity index (χ0) is 32.1. The van der Waals surface area contributed by atoms with Crippen molar-refractivity contribution in [3.63, 3.8) is 0 Å². The molecule has 11 rings (SSSR count). The van der Waals surface area contributed by atoms with E-state index < -0.39 is 0 Å². The van der Waals surface area contributed by atoms with Crippen LogP contribution in [-0.2, 0) is 0 Å². The minimum Gasteiger partial charge on any atom is -0.309 e. The van der Waals surface area contributed by atoms with Crippen molar-refractivity contribution < 1.29 is 0 Å². The van der Waals surface area contributed by atoms with E-state index >= 15 is 0 Å². The molecule has 228 valence electrons. The van der Waals surface area contributed by atoms with Crippen molar-refractivity contribution in [3.05, 3.63) is 164 Å². The SMILES string of the molecule is c1ccc2c(c1)sc1ncc3cc(-c4cc(-n5c6ccccc6c6ccccc65)cc(-n5c6ccccc6c6ccccc65)c4)ccc3c12. The molecule has 0 bridgehead atoms. The van der Waals surface area contributed by atoms with Crippen LogP contribution in [0.2, 0.25) is 0 Å². The van der Waals surface area contributed by atoms with Gasteiger partial charge in [0.1, 0.15) is 4.83 Å². The number of aromatic nitrogens is 3. The molecular formula is C45H27N3S. The van der Waals surface area contributed by atoms with Gasteiger partial charge in [-0.2, -0.15) is 0 Å². The average Bonchev–Trinajstić information content (AvgIpc) is 3.82. The van der Waals surface area contributed by atoms with Crippen molar-refractivity contribution in [3.8, 4) is 22.5 Å². The molecule has 0 fully saturated rings. The quantitative estimate of drug-likeness (QED) is 0.188. The summed E-state index contributed by atoms with van der Waals surface area (Å²) in [5, 5.41) is 9.93. The number of benzene rings is 7. The Bertz CT molecular complexity index is 2880. The van der Waals surface area contributed by atoms with E-state index in [1.807, 2.05) is 6.20 Å². The fourth-order valence-corrected chi connectivity index (χ4v) is 9.07. The molecule has 4 aromatic heterocycles. The topological polar surface area (TPSA) is 22.8 Å². The first-order valence-electron chi connectivity index (χ1n) is 16.6. The maximum absolute atomic E-state index is 4.94. The number of nitrogens with zero attached hydrogens (tertiary/aromatic N) is 3. The van der Waals surface area contributed by atoms with E-state index in [0.29, 0.717) is 0 Å². The lowest BCUT2D eigenvalue weighted by Gasteiger charge is -2.16. The van der Waals surface area contributed by atoms with Gasteiger partial charge in [0, 0.05) is 60.0 Å². The van der Waals surface area contributed by atoms with E-state index in [-0.39, 0.29) is 0 Å². The number of pyridine rings is 1. The third kappa shape index (κ3) is 3.86. The van der Waals surface area contributed by atoms with Crippen LogP contribution in [0.5, 0.6) is 0 Å². The summed E-state index contributed by atoms with van der Waals surface area (Å²) < 4.78 is 6.13. The van der Waals surface area contributed by atoms with Crippen LogP contribution >= 0.6 is 11.3 Å². The van der Waals surface area contributed by atoms with Gasteiger partial charge in [-0.25, -0.2) is 4.98 Å². The summed E-state index contributed by atoms with van der Waals surface area (Å²) in [6.07, 6.45) is 2.04. The van der Waals surface area contributed by atoms with E-state index in [9.17, 15) is 0 Å². The summed E-state index contributed by atoms with van der Waals surface area (Å²) in [5.74, 6) is 0. The molecule has 3 nitrogen and oxygen atoms in total. The predicted molar refractivity (Wildman–Crippen MR) is 209 cm³/mol. The first-order chi connectivity index (χ1) is 24.3. The van der Waals surface area contributed by atoms with Gasteiger partial charge in [-0.1, -0.05) is 103 Å². The molecule has 0 saturated carbocycles.